The lowest BCUT2D eigenvalue weighted by atomic mass is 10.2. The Hall–Kier alpha value is -2.90. The van der Waals surface area contributed by atoms with Crippen molar-refractivity contribution in [2.45, 2.75) is 0 Å². The van der Waals surface area contributed by atoms with Crippen LogP contribution in [0.2, 0.25) is 5.02 Å². The monoisotopic (exact) mass is 386 g/mol. The molecular formula is C18H15ClN4O2S. The van der Waals surface area contributed by atoms with E-state index in [0.29, 0.717) is 22.1 Å². The minimum atomic E-state index is -0.306. The number of nitrogens with one attached hydrogen (secondary N) is 3. The fraction of sp³-hybridized carbons (Fsp3) is 0.0556. The fourth-order valence-electron chi connectivity index (χ4n) is 2.13. The molecule has 3 amide bonds. The Kier molecular flexibility index (Phi) is 5.50. The molecule has 132 valence electrons. The number of nitrogens with zero attached hydrogens (tertiary/aromatic N) is 1. The van der Waals surface area contributed by atoms with Crippen LogP contribution in [0.25, 0.3) is 10.6 Å². The summed E-state index contributed by atoms with van der Waals surface area (Å²) in [5, 5.41) is 11.0. The van der Waals surface area contributed by atoms with Gasteiger partial charge in [0.1, 0.15) is 10.7 Å². The van der Waals surface area contributed by atoms with E-state index in [-0.39, 0.29) is 11.9 Å². The second kappa shape index (κ2) is 7.99. The van der Waals surface area contributed by atoms with E-state index in [9.17, 15) is 9.59 Å². The molecule has 0 saturated heterocycles. The van der Waals surface area contributed by atoms with Gasteiger partial charge in [0.25, 0.3) is 5.91 Å². The highest BCUT2D eigenvalue weighted by Crippen LogP contribution is 2.25. The maximum atomic E-state index is 12.4. The van der Waals surface area contributed by atoms with Crippen molar-refractivity contribution in [3.8, 4) is 10.6 Å². The van der Waals surface area contributed by atoms with Crippen molar-refractivity contribution < 1.29 is 9.59 Å². The van der Waals surface area contributed by atoms with Gasteiger partial charge in [0, 0.05) is 34.4 Å². The van der Waals surface area contributed by atoms with Gasteiger partial charge in [-0.2, -0.15) is 0 Å². The lowest BCUT2D eigenvalue weighted by molar-refractivity contribution is 0.102. The molecule has 8 heteroatoms. The predicted octanol–water partition coefficient (Wildman–Crippen LogP) is 4.47. The van der Waals surface area contributed by atoms with Crippen molar-refractivity contribution in [3.63, 3.8) is 0 Å². The molecule has 0 aliphatic heterocycles. The van der Waals surface area contributed by atoms with Gasteiger partial charge in [0.15, 0.2) is 0 Å². The van der Waals surface area contributed by atoms with Gasteiger partial charge in [-0.3, -0.25) is 4.79 Å². The average molecular weight is 387 g/mol. The van der Waals surface area contributed by atoms with Gasteiger partial charge in [-0.15, -0.1) is 11.3 Å². The van der Waals surface area contributed by atoms with Crippen LogP contribution in [0.4, 0.5) is 16.2 Å². The van der Waals surface area contributed by atoms with Gasteiger partial charge in [-0.25, -0.2) is 9.78 Å². The number of aromatic nitrogens is 1. The minimum absolute atomic E-state index is 0.298. The van der Waals surface area contributed by atoms with Crippen LogP contribution in [0.15, 0.2) is 53.9 Å². The van der Waals surface area contributed by atoms with Crippen molar-refractivity contribution >= 4 is 46.3 Å². The summed E-state index contributed by atoms with van der Waals surface area (Å²) in [5.41, 5.74) is 2.48. The quantitative estimate of drug-likeness (QED) is 0.618. The molecule has 0 radical (unpaired) electrons. The molecule has 0 atom stereocenters. The van der Waals surface area contributed by atoms with Gasteiger partial charge >= 0.3 is 6.03 Å². The van der Waals surface area contributed by atoms with Crippen molar-refractivity contribution in [2.24, 2.45) is 0 Å². The van der Waals surface area contributed by atoms with Gasteiger partial charge in [-0.1, -0.05) is 23.7 Å². The highest BCUT2D eigenvalue weighted by Gasteiger charge is 2.12. The number of rotatable bonds is 4. The smallest absolute Gasteiger partial charge is 0.318 e. The van der Waals surface area contributed by atoms with Crippen molar-refractivity contribution in [1.82, 2.24) is 10.3 Å². The summed E-state index contributed by atoms with van der Waals surface area (Å²) in [5.74, 6) is -0.298. The average Bonchev–Trinajstić information content (AvgIpc) is 3.14. The molecule has 0 saturated carbocycles. The summed E-state index contributed by atoms with van der Waals surface area (Å²) in [6.45, 7) is 0. The molecule has 0 spiro atoms. The molecule has 0 aliphatic rings. The Balaban J connectivity index is 1.66. The molecule has 2 aromatic carbocycles. The zero-order chi connectivity index (χ0) is 18.5. The van der Waals surface area contributed by atoms with E-state index in [1.165, 1.54) is 18.4 Å². The van der Waals surface area contributed by atoms with Gasteiger partial charge in [0.2, 0.25) is 0 Å². The number of urea groups is 1. The van der Waals surface area contributed by atoms with Crippen LogP contribution in [0, 0.1) is 0 Å². The van der Waals surface area contributed by atoms with Crippen LogP contribution >= 0.6 is 22.9 Å². The zero-order valence-corrected chi connectivity index (χ0v) is 15.3. The highest BCUT2D eigenvalue weighted by atomic mass is 35.5. The van der Waals surface area contributed by atoms with Crippen LogP contribution < -0.4 is 16.0 Å². The first kappa shape index (κ1) is 17.9. The Bertz CT molecular complexity index is 923. The molecule has 0 fully saturated rings. The Morgan fingerprint density at radius 2 is 1.58 bits per heavy atom. The van der Waals surface area contributed by atoms with E-state index < -0.39 is 0 Å². The van der Waals surface area contributed by atoms with Gasteiger partial charge in [-0.05, 0) is 36.4 Å². The molecule has 3 aromatic rings. The fourth-order valence-corrected chi connectivity index (χ4v) is 3.06. The van der Waals surface area contributed by atoms with Crippen LogP contribution in [-0.2, 0) is 0 Å². The minimum Gasteiger partial charge on any atom is -0.341 e. The first-order valence-corrected chi connectivity index (χ1v) is 8.92. The third-order valence-corrected chi connectivity index (χ3v) is 4.60. The molecule has 1 heterocycles. The Labute approximate surface area is 159 Å². The molecule has 0 unspecified atom stereocenters. The molecule has 3 N–H and O–H groups in total. The molecule has 0 aliphatic carbocycles. The number of halogens is 1. The van der Waals surface area contributed by atoms with Crippen molar-refractivity contribution in [2.75, 3.05) is 17.7 Å². The van der Waals surface area contributed by atoms with E-state index >= 15 is 0 Å². The summed E-state index contributed by atoms with van der Waals surface area (Å²) in [4.78, 5) is 28.0. The second-order valence-electron chi connectivity index (χ2n) is 5.28. The van der Waals surface area contributed by atoms with Crippen molar-refractivity contribution in [1.29, 1.82) is 0 Å². The third-order valence-electron chi connectivity index (χ3n) is 3.46. The summed E-state index contributed by atoms with van der Waals surface area (Å²) < 4.78 is 0. The number of benzene rings is 2. The molecule has 3 rings (SSSR count). The maximum Gasteiger partial charge on any atom is 0.318 e. The van der Waals surface area contributed by atoms with Crippen LogP contribution in [0.1, 0.15) is 10.5 Å². The maximum absolute atomic E-state index is 12.4. The standard InChI is InChI=1S/C18H15ClN4O2S/c1-20-18(25)22-14-8-6-13(7-9-14)21-16(24)15-10-26-17(23-15)11-2-4-12(19)5-3-11/h2-10H,1H3,(H,21,24)(H2,20,22,25). The van der Waals surface area contributed by atoms with Gasteiger partial charge < -0.3 is 16.0 Å². The number of hydrogen-bond donors (Lipinski definition) is 3. The number of anilines is 2. The summed E-state index contributed by atoms with van der Waals surface area (Å²) in [6.07, 6.45) is 0. The lowest BCUT2D eigenvalue weighted by Crippen LogP contribution is -2.24. The lowest BCUT2D eigenvalue weighted by Gasteiger charge is -2.06. The Morgan fingerprint density at radius 1 is 0.962 bits per heavy atom. The third kappa shape index (κ3) is 4.38. The molecule has 0 bridgehead atoms. The molecule has 6 nitrogen and oxygen atoms in total. The first-order valence-electron chi connectivity index (χ1n) is 7.67. The van der Waals surface area contributed by atoms with E-state index in [2.05, 4.69) is 20.9 Å². The van der Waals surface area contributed by atoms with E-state index in [0.717, 1.165) is 10.6 Å². The number of amides is 3. The van der Waals surface area contributed by atoms with E-state index in [4.69, 9.17) is 11.6 Å². The Morgan fingerprint density at radius 3 is 2.19 bits per heavy atom. The SMILES string of the molecule is CNC(=O)Nc1ccc(NC(=O)c2csc(-c3ccc(Cl)cc3)n2)cc1. The van der Waals surface area contributed by atoms with E-state index in [1.807, 2.05) is 12.1 Å². The van der Waals surface area contributed by atoms with Crippen LogP contribution in [0.3, 0.4) is 0 Å². The molecule has 1 aromatic heterocycles. The predicted molar refractivity (Wildman–Crippen MR) is 105 cm³/mol. The van der Waals surface area contributed by atoms with E-state index in [1.54, 1.807) is 41.8 Å². The normalized spacial score (nSPS) is 10.2. The van der Waals surface area contributed by atoms with Gasteiger partial charge in [0.05, 0.1) is 0 Å². The topological polar surface area (TPSA) is 83.1 Å². The van der Waals surface area contributed by atoms with Crippen LogP contribution in [-0.4, -0.2) is 24.0 Å². The first-order chi connectivity index (χ1) is 12.5. The van der Waals surface area contributed by atoms with Crippen molar-refractivity contribution in [3.05, 3.63) is 64.6 Å². The second-order valence-corrected chi connectivity index (χ2v) is 6.57. The van der Waals surface area contributed by atoms with Crippen LogP contribution in [0.5, 0.6) is 0 Å². The number of carbonyl (C=O) groups is 2. The number of hydrogen-bond acceptors (Lipinski definition) is 4. The zero-order valence-electron chi connectivity index (χ0n) is 13.7. The molecule has 26 heavy (non-hydrogen) atoms. The summed E-state index contributed by atoms with van der Waals surface area (Å²) in [7, 11) is 1.54. The summed E-state index contributed by atoms with van der Waals surface area (Å²) >= 11 is 7.27. The largest absolute Gasteiger partial charge is 0.341 e. The number of thiazole rings is 1. The molecular weight excluding hydrogens is 372 g/mol. The number of carbonyl (C=O) groups excluding carboxylic acids is 2. The summed E-state index contributed by atoms with van der Waals surface area (Å²) in [6, 6.07) is 13.8. The highest BCUT2D eigenvalue weighted by molar-refractivity contribution is 7.13.